The number of rotatable bonds is 13. The highest BCUT2D eigenvalue weighted by molar-refractivity contribution is 6.39. The number of aryl methyl sites for hydroxylation is 1. The van der Waals surface area contributed by atoms with Crippen molar-refractivity contribution in [2.75, 3.05) is 0 Å². The summed E-state index contributed by atoms with van der Waals surface area (Å²) in [5.74, 6) is 0. The minimum atomic E-state index is 0.107. The van der Waals surface area contributed by atoms with Crippen LogP contribution in [-0.2, 0) is 44.9 Å². The normalized spacial score (nSPS) is 11.1. The van der Waals surface area contributed by atoms with Crippen molar-refractivity contribution in [3.05, 3.63) is 167 Å². The molecule has 12 heteroatoms. The van der Waals surface area contributed by atoms with Crippen molar-refractivity contribution >= 4 is 116 Å². The predicted octanol–water partition coefficient (Wildman–Crippen LogP) is 15.7. The highest BCUT2D eigenvalue weighted by atomic mass is 35.5. The largest absolute Gasteiger partial charge is 0.198 e. The van der Waals surface area contributed by atoms with E-state index < -0.39 is 0 Å². The van der Waals surface area contributed by atoms with Gasteiger partial charge in [-0.3, -0.25) is 0 Å². The molecule has 0 heterocycles. The minimum Gasteiger partial charge on any atom is -0.198 e. The summed E-state index contributed by atoms with van der Waals surface area (Å²) in [6.07, 6.45) is 4.17. The first-order chi connectivity index (χ1) is 25.3. The molecule has 5 rings (SSSR count). The maximum atomic E-state index is 9.54. The molecule has 0 fully saturated rings. The van der Waals surface area contributed by atoms with Gasteiger partial charge in [-0.2, -0.15) is 10.5 Å². The van der Waals surface area contributed by atoms with Crippen LogP contribution in [-0.4, -0.2) is 0 Å². The van der Waals surface area contributed by atoms with Gasteiger partial charge in [0.25, 0.3) is 0 Å². The Morgan fingerprint density at radius 2 is 0.811 bits per heavy atom. The smallest absolute Gasteiger partial charge is 0.0670 e. The van der Waals surface area contributed by atoms with Gasteiger partial charge in [0.15, 0.2) is 0 Å². The third-order valence-electron chi connectivity index (χ3n) is 8.96. The Morgan fingerprint density at radius 3 is 1.32 bits per heavy atom. The Kier molecular flexibility index (Phi) is 15.3. The second-order valence-corrected chi connectivity index (χ2v) is 16.5. The Bertz CT molecular complexity index is 2270. The molecule has 5 aromatic rings. The van der Waals surface area contributed by atoms with E-state index >= 15 is 0 Å². The van der Waals surface area contributed by atoms with Gasteiger partial charge in [0.2, 0.25) is 0 Å². The van der Waals surface area contributed by atoms with Crippen LogP contribution in [0.5, 0.6) is 0 Å². The van der Waals surface area contributed by atoms with E-state index in [1.165, 1.54) is 0 Å². The van der Waals surface area contributed by atoms with E-state index in [4.69, 9.17) is 116 Å². The van der Waals surface area contributed by atoms with E-state index in [1.54, 1.807) is 24.3 Å². The first-order valence-corrected chi connectivity index (χ1v) is 20.2. The first kappa shape index (κ1) is 42.1. The number of unbranched alkanes of at least 4 members (excludes halogenated alkanes) is 1. The number of hydrogen-bond donors (Lipinski definition) is 0. The average molecular weight is 903 g/mol. The molecule has 0 aromatic heterocycles. The van der Waals surface area contributed by atoms with Crippen LogP contribution in [0.2, 0.25) is 50.2 Å². The molecular weight excluding hydrogens is 875 g/mol. The second-order valence-electron chi connectivity index (χ2n) is 12.5. The molecule has 272 valence electrons. The van der Waals surface area contributed by atoms with Crippen molar-refractivity contribution in [1.82, 2.24) is 0 Å². The molecule has 0 saturated carbocycles. The van der Waals surface area contributed by atoms with Crippen LogP contribution in [0.1, 0.15) is 68.5 Å². The third-order valence-corrected chi connectivity index (χ3v) is 12.8. The Hall–Kier alpha value is -2.02. The van der Waals surface area contributed by atoms with Crippen molar-refractivity contribution in [3.8, 4) is 12.1 Å². The van der Waals surface area contributed by atoms with E-state index in [2.05, 4.69) is 12.1 Å². The number of halogens is 10. The molecule has 0 saturated heterocycles. The van der Waals surface area contributed by atoms with E-state index in [1.807, 2.05) is 36.4 Å². The summed E-state index contributed by atoms with van der Waals surface area (Å²) in [4.78, 5) is 0. The summed E-state index contributed by atoms with van der Waals surface area (Å²) in [7, 11) is 0. The topological polar surface area (TPSA) is 47.6 Å². The second kappa shape index (κ2) is 19.2. The Balaban J connectivity index is 1.36. The summed E-state index contributed by atoms with van der Waals surface area (Å²) in [6, 6.07) is 22.4. The molecule has 0 spiro atoms. The van der Waals surface area contributed by atoms with Crippen LogP contribution in [0.3, 0.4) is 0 Å². The molecule has 0 unspecified atom stereocenters. The molecule has 0 N–H and O–H groups in total. The maximum absolute atomic E-state index is 9.54. The molecule has 0 amide bonds. The Morgan fingerprint density at radius 1 is 0.377 bits per heavy atom. The quantitative estimate of drug-likeness (QED) is 0.111. The highest BCUT2D eigenvalue weighted by Gasteiger charge is 2.21. The zero-order valence-corrected chi connectivity index (χ0v) is 35.4. The standard InChI is InChI=1S/C41H28Cl10N2/c42-29-8-5-22(35(45)20-29)18-32-38(48)24(15-26(11-13-52)39(32)49)3-1-2-4-31-34(44)10-7-25(37(31)47)16-28-17-27(12-14-53)40(50)33(41(28)51)19-23-6-9-30(43)21-36(23)46/h5-10,15,17,20-21H,1-4,11-12,16,18-19H2. The van der Waals surface area contributed by atoms with Gasteiger partial charge >= 0.3 is 0 Å². The fraction of sp³-hybridized carbons (Fsp3) is 0.220. The van der Waals surface area contributed by atoms with Crippen LogP contribution in [0.4, 0.5) is 0 Å². The number of hydrogen-bond acceptors (Lipinski definition) is 2. The molecule has 0 aliphatic heterocycles. The van der Waals surface area contributed by atoms with E-state index in [9.17, 15) is 10.5 Å². The lowest BCUT2D eigenvalue weighted by Crippen LogP contribution is -2.03. The molecule has 0 aliphatic carbocycles. The third kappa shape index (κ3) is 10.2. The van der Waals surface area contributed by atoms with Gasteiger partial charge in [0, 0.05) is 69.5 Å². The average Bonchev–Trinajstić information content (AvgIpc) is 3.11. The lowest BCUT2D eigenvalue weighted by atomic mass is 9.93. The molecule has 53 heavy (non-hydrogen) atoms. The highest BCUT2D eigenvalue weighted by Crippen LogP contribution is 2.40. The van der Waals surface area contributed by atoms with Crippen molar-refractivity contribution < 1.29 is 0 Å². The molecule has 0 aliphatic rings. The summed E-state index contributed by atoms with van der Waals surface area (Å²) in [5, 5.41) is 24.1. The van der Waals surface area contributed by atoms with Gasteiger partial charge in [0.05, 0.1) is 25.0 Å². The van der Waals surface area contributed by atoms with Crippen molar-refractivity contribution in [2.24, 2.45) is 0 Å². The number of benzene rings is 5. The number of nitriles is 2. The van der Waals surface area contributed by atoms with Crippen molar-refractivity contribution in [3.63, 3.8) is 0 Å². The molecule has 2 nitrogen and oxygen atoms in total. The fourth-order valence-electron chi connectivity index (χ4n) is 6.24. The molecular formula is C41H28Cl10N2. The zero-order chi connectivity index (χ0) is 38.4. The minimum absolute atomic E-state index is 0.107. The van der Waals surface area contributed by atoms with Gasteiger partial charge in [-0.25, -0.2) is 0 Å². The van der Waals surface area contributed by atoms with Crippen LogP contribution in [0.15, 0.2) is 60.7 Å². The van der Waals surface area contributed by atoms with Gasteiger partial charge in [-0.15, -0.1) is 0 Å². The molecule has 0 radical (unpaired) electrons. The van der Waals surface area contributed by atoms with Crippen molar-refractivity contribution in [1.29, 1.82) is 10.5 Å². The molecule has 0 atom stereocenters. The zero-order valence-electron chi connectivity index (χ0n) is 27.8. The van der Waals surface area contributed by atoms with Crippen LogP contribution < -0.4 is 0 Å². The van der Waals surface area contributed by atoms with Crippen molar-refractivity contribution in [2.45, 2.75) is 57.8 Å². The fourth-order valence-corrected chi connectivity index (χ4v) is 9.07. The summed E-state index contributed by atoms with van der Waals surface area (Å²) in [6.45, 7) is 0. The van der Waals surface area contributed by atoms with Crippen LogP contribution in [0.25, 0.3) is 0 Å². The Labute approximate surface area is 359 Å². The predicted molar refractivity (Wildman–Crippen MR) is 226 cm³/mol. The van der Waals surface area contributed by atoms with Gasteiger partial charge in [-0.05, 0) is 112 Å². The van der Waals surface area contributed by atoms with E-state index in [0.29, 0.717) is 99.0 Å². The summed E-state index contributed by atoms with van der Waals surface area (Å²) >= 11 is 66.5. The first-order valence-electron chi connectivity index (χ1n) is 16.4. The SMILES string of the molecule is N#CCc1cc(CCCCc2c(Cl)ccc(Cc3cc(CC#N)c(Cl)c(Cc4ccc(Cl)cc4Cl)c3Cl)c2Cl)c(Cl)c(Cc2ccc(Cl)cc2Cl)c1Cl. The van der Waals surface area contributed by atoms with Gasteiger partial charge in [0.1, 0.15) is 0 Å². The lowest BCUT2D eigenvalue weighted by molar-refractivity contribution is 0.733. The summed E-state index contributed by atoms with van der Waals surface area (Å²) < 4.78 is 0. The molecule has 5 aromatic carbocycles. The van der Waals surface area contributed by atoms with E-state index in [-0.39, 0.29) is 12.8 Å². The monoisotopic (exact) mass is 898 g/mol. The van der Waals surface area contributed by atoms with Gasteiger partial charge in [-0.1, -0.05) is 146 Å². The van der Waals surface area contributed by atoms with Crippen LogP contribution in [0, 0.1) is 22.7 Å². The molecule has 0 bridgehead atoms. The maximum Gasteiger partial charge on any atom is 0.0670 e. The number of nitrogens with zero attached hydrogens (tertiary/aromatic N) is 2. The van der Waals surface area contributed by atoms with Gasteiger partial charge < -0.3 is 0 Å². The lowest BCUT2D eigenvalue weighted by Gasteiger charge is -2.18. The van der Waals surface area contributed by atoms with E-state index in [0.717, 1.165) is 51.8 Å². The summed E-state index contributed by atoms with van der Waals surface area (Å²) in [5.41, 5.74) is 7.73. The van der Waals surface area contributed by atoms with Crippen LogP contribution >= 0.6 is 116 Å².